The fourth-order valence-corrected chi connectivity index (χ4v) is 7.00. The predicted molar refractivity (Wildman–Crippen MR) is 135 cm³/mol. The molecule has 4 N–H and O–H groups in total. The molecule has 36 heavy (non-hydrogen) atoms. The molecular formula is C26H27F2N5O2S. The first-order valence-corrected chi connectivity index (χ1v) is 12.5. The highest BCUT2D eigenvalue weighted by Gasteiger charge is 2.71. The lowest BCUT2D eigenvalue weighted by molar-refractivity contribution is -0.0153. The van der Waals surface area contributed by atoms with E-state index < -0.39 is 33.8 Å². The van der Waals surface area contributed by atoms with Crippen LogP contribution in [-0.2, 0) is 5.54 Å². The molecule has 3 heterocycles. The smallest absolute Gasteiger partial charge is 0.155 e. The van der Waals surface area contributed by atoms with Gasteiger partial charge in [0.1, 0.15) is 23.9 Å². The van der Waals surface area contributed by atoms with Crippen molar-refractivity contribution in [2.75, 3.05) is 13.1 Å². The lowest BCUT2D eigenvalue weighted by Crippen LogP contribution is -2.49. The number of nitrogens with zero attached hydrogens (tertiary/aromatic N) is 4. The highest BCUT2D eigenvalue weighted by Crippen LogP contribution is 2.68. The summed E-state index contributed by atoms with van der Waals surface area (Å²) in [5.41, 5.74) is 5.36. The van der Waals surface area contributed by atoms with E-state index in [1.165, 1.54) is 48.3 Å². The number of hydrogen-bond donors (Lipinski definition) is 3. The van der Waals surface area contributed by atoms with Gasteiger partial charge in [-0.25, -0.2) is 8.78 Å². The number of amidine groups is 1. The number of nitriles is 1. The van der Waals surface area contributed by atoms with Crippen LogP contribution < -0.4 is 5.73 Å². The van der Waals surface area contributed by atoms with Gasteiger partial charge in [0.05, 0.1) is 27.1 Å². The second kappa shape index (κ2) is 8.63. The molecule has 2 unspecified atom stereocenters. The molecule has 2 aromatic rings. The van der Waals surface area contributed by atoms with Crippen molar-refractivity contribution in [2.45, 2.75) is 48.8 Å². The third kappa shape index (κ3) is 4.20. The fraction of sp³-hybridized carbons (Fsp3) is 0.423. The zero-order chi connectivity index (χ0) is 25.9. The standard InChI is InChI=1S/C26H27F2N5O2S/c1-24(35)7-8-33(14-24)22(34)26-11-21(26)25(2,32-23(30)36-26)17-9-15(3-5-18(17)27)10-19(28)20-6-4-16(12-29)13-31-20/h3-6,9-10,13,21-22,34-35H,7-8,11,14H2,1-2H3,(H2,30,32)/b19-10-/t21-,22?,24?,25+,26-/m0/s1. The van der Waals surface area contributed by atoms with E-state index in [2.05, 4.69) is 9.98 Å². The van der Waals surface area contributed by atoms with Gasteiger partial charge in [-0.1, -0.05) is 17.8 Å². The molecule has 0 spiro atoms. The number of benzene rings is 1. The third-order valence-corrected chi connectivity index (χ3v) is 8.84. The van der Waals surface area contributed by atoms with Crippen LogP contribution >= 0.6 is 11.8 Å². The lowest BCUT2D eigenvalue weighted by atomic mass is 9.84. The molecule has 3 aliphatic rings. The Kier molecular flexibility index (Phi) is 5.95. The first kappa shape index (κ1) is 24.8. The molecule has 5 rings (SSSR count). The van der Waals surface area contributed by atoms with E-state index >= 15 is 4.39 Å². The molecule has 10 heteroatoms. The van der Waals surface area contributed by atoms with E-state index in [1.54, 1.807) is 19.9 Å². The van der Waals surface area contributed by atoms with Crippen LogP contribution in [0.15, 0.2) is 41.5 Å². The Morgan fingerprint density at radius 3 is 2.78 bits per heavy atom. The van der Waals surface area contributed by atoms with Gasteiger partial charge in [-0.15, -0.1) is 0 Å². The molecule has 0 radical (unpaired) electrons. The summed E-state index contributed by atoms with van der Waals surface area (Å²) in [5, 5.41) is 30.8. The minimum atomic E-state index is -1.06. The second-order valence-electron chi connectivity index (χ2n) is 10.3. The molecule has 0 amide bonds. The van der Waals surface area contributed by atoms with Gasteiger partial charge < -0.3 is 15.9 Å². The van der Waals surface area contributed by atoms with Crippen LogP contribution in [0.3, 0.4) is 0 Å². The Morgan fingerprint density at radius 2 is 2.14 bits per heavy atom. The van der Waals surface area contributed by atoms with Crippen LogP contribution in [0.4, 0.5) is 8.78 Å². The summed E-state index contributed by atoms with van der Waals surface area (Å²) in [7, 11) is 0. The fourth-order valence-electron chi connectivity index (χ4n) is 5.50. The number of β-amino-alcohol motifs (C(OH)–C–C–N with tert-alkyl or cyclic N) is 1. The van der Waals surface area contributed by atoms with Crippen molar-refractivity contribution in [3.05, 3.63) is 64.7 Å². The summed E-state index contributed by atoms with van der Waals surface area (Å²) in [6.45, 7) is 4.43. The van der Waals surface area contributed by atoms with Crippen LogP contribution in [0, 0.1) is 23.1 Å². The largest absolute Gasteiger partial charge is 0.389 e. The maximum Gasteiger partial charge on any atom is 0.155 e. The Hall–Kier alpha value is -2.84. The number of rotatable bonds is 5. The molecule has 0 bridgehead atoms. The van der Waals surface area contributed by atoms with Crippen LogP contribution in [0.2, 0.25) is 0 Å². The first-order valence-electron chi connectivity index (χ1n) is 11.7. The van der Waals surface area contributed by atoms with Gasteiger partial charge in [0, 0.05) is 30.8 Å². The summed E-state index contributed by atoms with van der Waals surface area (Å²) in [6.07, 6.45) is 2.79. The number of nitrogens with two attached hydrogens (primary N) is 1. The van der Waals surface area contributed by atoms with Crippen molar-refractivity contribution in [3.63, 3.8) is 0 Å². The number of aliphatic hydroxyl groups excluding tert-OH is 1. The van der Waals surface area contributed by atoms with Crippen molar-refractivity contribution in [3.8, 4) is 6.07 Å². The molecule has 1 aromatic carbocycles. The first-order chi connectivity index (χ1) is 17.0. The van der Waals surface area contributed by atoms with Crippen LogP contribution in [0.1, 0.15) is 49.1 Å². The monoisotopic (exact) mass is 511 g/mol. The number of fused-ring (bicyclic) bond motifs is 1. The number of halogens is 2. The van der Waals surface area contributed by atoms with Gasteiger partial charge in [-0.3, -0.25) is 14.9 Å². The minimum Gasteiger partial charge on any atom is -0.389 e. The molecule has 2 fully saturated rings. The lowest BCUT2D eigenvalue weighted by Gasteiger charge is -2.38. The van der Waals surface area contributed by atoms with E-state index in [4.69, 9.17) is 11.0 Å². The van der Waals surface area contributed by atoms with E-state index in [0.717, 1.165) is 0 Å². The Bertz CT molecular complexity index is 1310. The van der Waals surface area contributed by atoms with Gasteiger partial charge in [-0.2, -0.15) is 5.26 Å². The zero-order valence-corrected chi connectivity index (χ0v) is 20.8. The molecule has 1 aromatic heterocycles. The maximum atomic E-state index is 15.2. The van der Waals surface area contributed by atoms with E-state index in [9.17, 15) is 14.6 Å². The number of aliphatic hydroxyl groups is 2. The summed E-state index contributed by atoms with van der Waals surface area (Å²) >= 11 is 1.30. The number of aliphatic imine (C=N–C) groups is 1. The Balaban J connectivity index is 1.46. The zero-order valence-electron chi connectivity index (χ0n) is 19.9. The van der Waals surface area contributed by atoms with Crippen molar-refractivity contribution in [2.24, 2.45) is 16.6 Å². The molecule has 5 atom stereocenters. The molecule has 188 valence electrons. The van der Waals surface area contributed by atoms with Crippen molar-refractivity contribution in [1.29, 1.82) is 5.26 Å². The Morgan fingerprint density at radius 1 is 1.36 bits per heavy atom. The SMILES string of the molecule is CC1(O)CCN(C(O)[C@]23C[C@H]2[C@@](C)(c2cc(/C=C(\F)c4ccc(C#N)cn4)ccc2F)N=C(N)S3)C1. The van der Waals surface area contributed by atoms with Gasteiger partial charge in [0.2, 0.25) is 0 Å². The van der Waals surface area contributed by atoms with E-state index in [-0.39, 0.29) is 22.3 Å². The second-order valence-corrected chi connectivity index (χ2v) is 11.7. The molecule has 7 nitrogen and oxygen atoms in total. The molecule has 1 saturated heterocycles. The van der Waals surface area contributed by atoms with Crippen LogP contribution in [0.25, 0.3) is 11.9 Å². The van der Waals surface area contributed by atoms with Crippen LogP contribution in [-0.4, -0.2) is 54.9 Å². The number of hydrogen-bond acceptors (Lipinski definition) is 8. The summed E-state index contributed by atoms with van der Waals surface area (Å²) < 4.78 is 29.4. The van der Waals surface area contributed by atoms with Gasteiger partial charge in [-0.05, 0) is 62.6 Å². The summed E-state index contributed by atoms with van der Waals surface area (Å²) in [5.74, 6) is -1.32. The number of thioether (sulfide) groups is 1. The maximum absolute atomic E-state index is 15.2. The molecule has 1 saturated carbocycles. The molecule has 1 aliphatic carbocycles. The normalized spacial score (nSPS) is 33.0. The average Bonchev–Trinajstić information content (AvgIpc) is 3.48. The topological polar surface area (TPSA) is 119 Å². The Labute approximate surface area is 212 Å². The van der Waals surface area contributed by atoms with Crippen molar-refractivity contribution >= 4 is 28.8 Å². The number of aromatic nitrogens is 1. The summed E-state index contributed by atoms with van der Waals surface area (Å²) in [6, 6.07) is 9.13. The minimum absolute atomic E-state index is 0.0632. The van der Waals surface area contributed by atoms with Gasteiger partial charge >= 0.3 is 0 Å². The van der Waals surface area contributed by atoms with Gasteiger partial charge in [0.15, 0.2) is 5.17 Å². The highest BCUT2D eigenvalue weighted by atomic mass is 32.2. The van der Waals surface area contributed by atoms with Crippen LogP contribution in [0.5, 0.6) is 0 Å². The quantitative estimate of drug-likeness (QED) is 0.563. The highest BCUT2D eigenvalue weighted by molar-refractivity contribution is 8.15. The number of pyridine rings is 1. The predicted octanol–water partition coefficient (Wildman–Crippen LogP) is 3.37. The summed E-state index contributed by atoms with van der Waals surface area (Å²) in [4.78, 5) is 10.4. The van der Waals surface area contributed by atoms with E-state index in [0.29, 0.717) is 37.1 Å². The van der Waals surface area contributed by atoms with Crippen molar-refractivity contribution < 1.29 is 19.0 Å². The molecular weight excluding hydrogens is 484 g/mol. The molecule has 2 aliphatic heterocycles. The van der Waals surface area contributed by atoms with Crippen molar-refractivity contribution in [1.82, 2.24) is 9.88 Å². The number of likely N-dealkylation sites (tertiary alicyclic amines) is 1. The average molecular weight is 512 g/mol. The van der Waals surface area contributed by atoms with Gasteiger partial charge in [0.25, 0.3) is 0 Å². The van der Waals surface area contributed by atoms with E-state index in [1.807, 2.05) is 11.0 Å². The third-order valence-electron chi connectivity index (χ3n) is 7.50.